The summed E-state index contributed by atoms with van der Waals surface area (Å²) in [5, 5.41) is 15.1. The van der Waals surface area contributed by atoms with E-state index in [1.807, 2.05) is 66.7 Å². The van der Waals surface area contributed by atoms with Crippen molar-refractivity contribution >= 4 is 16.7 Å². The summed E-state index contributed by atoms with van der Waals surface area (Å²) in [4.78, 5) is 14.9. The van der Waals surface area contributed by atoms with Gasteiger partial charge in [-0.25, -0.2) is 0 Å². The normalized spacial score (nSPS) is 20.5. The molecule has 0 saturated carbocycles. The number of nitrogens with zero attached hydrogens (tertiary/aromatic N) is 1. The number of ether oxygens (including phenoxy) is 2. The predicted molar refractivity (Wildman–Crippen MR) is 182 cm³/mol. The van der Waals surface area contributed by atoms with E-state index in [9.17, 15) is 9.90 Å². The molecule has 5 atom stereocenters. The molecule has 6 heteroatoms. The number of carbonyl (C=O) groups is 1. The fraction of sp³-hybridized carbons (Fsp3) is 0.275. The van der Waals surface area contributed by atoms with Crippen LogP contribution in [-0.4, -0.2) is 35.6 Å². The number of fused-ring (bicyclic) bond motifs is 1. The van der Waals surface area contributed by atoms with Crippen LogP contribution in [0.4, 0.5) is 0 Å². The van der Waals surface area contributed by atoms with Crippen molar-refractivity contribution in [1.29, 1.82) is 0 Å². The molecule has 46 heavy (non-hydrogen) atoms. The summed E-state index contributed by atoms with van der Waals surface area (Å²) in [5.41, 5.74) is 5.76. The standard InChI is InChI=1S/C40H42N2O4/c1-27-37(25-42(3)28(2)35-22-21-31-9-7-8-12-36(31)23-35)45-40(46-38(27)32-17-15-30(26-43)16-18-32)34-19-13-29(14-20-34)24-41-39(44)33-10-5-4-6-11-33/h4-23,27-28,37-38,40,43H,24-26H2,1-3H3,(H,41,44)/t27-,28+,37+,38+,40+/m0/s1. The molecule has 236 valence electrons. The maximum Gasteiger partial charge on any atom is 0.251 e. The molecule has 1 aliphatic rings. The van der Waals surface area contributed by atoms with Crippen LogP contribution in [0.3, 0.4) is 0 Å². The number of aliphatic hydroxyl groups excluding tert-OH is 1. The number of nitrogens with one attached hydrogen (secondary N) is 1. The van der Waals surface area contributed by atoms with Crippen LogP contribution in [-0.2, 0) is 22.6 Å². The molecule has 2 N–H and O–H groups in total. The fourth-order valence-electron chi connectivity index (χ4n) is 6.16. The minimum absolute atomic E-state index is 0.00528. The number of hydrogen-bond acceptors (Lipinski definition) is 5. The predicted octanol–water partition coefficient (Wildman–Crippen LogP) is 7.75. The lowest BCUT2D eigenvalue weighted by atomic mass is 9.89. The minimum Gasteiger partial charge on any atom is -0.392 e. The van der Waals surface area contributed by atoms with Crippen molar-refractivity contribution in [2.75, 3.05) is 13.6 Å². The smallest absolute Gasteiger partial charge is 0.251 e. The van der Waals surface area contributed by atoms with Crippen molar-refractivity contribution in [1.82, 2.24) is 10.2 Å². The summed E-state index contributed by atoms with van der Waals surface area (Å²) in [6.07, 6.45) is -0.842. The highest BCUT2D eigenvalue weighted by Gasteiger charge is 2.39. The van der Waals surface area contributed by atoms with Gasteiger partial charge in [0.15, 0.2) is 6.29 Å². The molecular formula is C40H42N2O4. The molecule has 0 bridgehead atoms. The summed E-state index contributed by atoms with van der Waals surface area (Å²) in [6, 6.07) is 40.7. The number of likely N-dealkylation sites (N-methyl/N-ethyl adjacent to an activating group) is 1. The van der Waals surface area contributed by atoms with Crippen LogP contribution in [0, 0.1) is 5.92 Å². The topological polar surface area (TPSA) is 71.0 Å². The minimum atomic E-state index is -0.555. The van der Waals surface area contributed by atoms with Gasteiger partial charge in [0, 0.05) is 36.2 Å². The molecule has 1 saturated heterocycles. The molecule has 0 radical (unpaired) electrons. The van der Waals surface area contributed by atoms with Crippen LogP contribution >= 0.6 is 0 Å². The molecule has 0 aromatic heterocycles. The van der Waals surface area contributed by atoms with E-state index in [1.54, 1.807) is 12.1 Å². The Morgan fingerprint density at radius 2 is 1.46 bits per heavy atom. The molecule has 1 aliphatic heterocycles. The van der Waals surface area contributed by atoms with Gasteiger partial charge >= 0.3 is 0 Å². The van der Waals surface area contributed by atoms with Gasteiger partial charge in [-0.3, -0.25) is 9.69 Å². The van der Waals surface area contributed by atoms with Gasteiger partial charge < -0.3 is 19.9 Å². The van der Waals surface area contributed by atoms with Gasteiger partial charge in [0.05, 0.1) is 18.8 Å². The SMILES string of the molecule is C[C@H]1[C@@H](CN(C)[C@H](C)c2ccc3ccccc3c2)O[C@@H](c2ccc(CNC(=O)c3ccccc3)cc2)O[C@H]1c1ccc(CO)cc1. The van der Waals surface area contributed by atoms with E-state index in [-0.39, 0.29) is 36.7 Å². The van der Waals surface area contributed by atoms with E-state index < -0.39 is 6.29 Å². The van der Waals surface area contributed by atoms with Crippen molar-refractivity contribution < 1.29 is 19.4 Å². The summed E-state index contributed by atoms with van der Waals surface area (Å²) in [6.45, 7) is 5.59. The van der Waals surface area contributed by atoms with Gasteiger partial charge in [0.1, 0.15) is 0 Å². The number of benzene rings is 5. The van der Waals surface area contributed by atoms with Gasteiger partial charge in [-0.2, -0.15) is 0 Å². The molecule has 5 aromatic carbocycles. The number of rotatable bonds is 10. The molecule has 1 fully saturated rings. The molecule has 6 nitrogen and oxygen atoms in total. The highest BCUT2D eigenvalue weighted by atomic mass is 16.7. The van der Waals surface area contributed by atoms with E-state index in [0.717, 1.165) is 28.8 Å². The second-order valence-electron chi connectivity index (χ2n) is 12.3. The molecule has 0 unspecified atom stereocenters. The molecule has 0 spiro atoms. The van der Waals surface area contributed by atoms with Crippen molar-refractivity contribution in [2.24, 2.45) is 5.92 Å². The maximum atomic E-state index is 12.5. The van der Waals surface area contributed by atoms with Gasteiger partial charge in [0.25, 0.3) is 5.91 Å². The molecule has 6 rings (SSSR count). The largest absolute Gasteiger partial charge is 0.392 e. The Morgan fingerprint density at radius 1 is 0.804 bits per heavy atom. The van der Waals surface area contributed by atoms with Crippen molar-refractivity contribution in [2.45, 2.75) is 51.5 Å². The van der Waals surface area contributed by atoms with E-state index >= 15 is 0 Å². The zero-order valence-electron chi connectivity index (χ0n) is 26.7. The van der Waals surface area contributed by atoms with Gasteiger partial charge in [0.2, 0.25) is 0 Å². The summed E-state index contributed by atoms with van der Waals surface area (Å²) >= 11 is 0. The Kier molecular flexibility index (Phi) is 9.91. The Hall–Kier alpha value is -4.33. The summed E-state index contributed by atoms with van der Waals surface area (Å²) < 4.78 is 13.4. The molecule has 1 amide bonds. The Bertz CT molecular complexity index is 1740. The van der Waals surface area contributed by atoms with Crippen molar-refractivity contribution in [3.63, 3.8) is 0 Å². The van der Waals surface area contributed by atoms with Crippen LogP contribution in [0.5, 0.6) is 0 Å². The molecular weight excluding hydrogens is 572 g/mol. The van der Waals surface area contributed by atoms with Crippen molar-refractivity contribution in [3.05, 3.63) is 155 Å². The van der Waals surface area contributed by atoms with Crippen LogP contribution in [0.15, 0.2) is 121 Å². The van der Waals surface area contributed by atoms with Crippen molar-refractivity contribution in [3.8, 4) is 0 Å². The van der Waals surface area contributed by atoms with Gasteiger partial charge in [-0.15, -0.1) is 0 Å². The van der Waals surface area contributed by atoms with E-state index in [2.05, 4.69) is 73.6 Å². The lowest BCUT2D eigenvalue weighted by molar-refractivity contribution is -0.276. The first-order chi connectivity index (χ1) is 22.4. The number of hydrogen-bond donors (Lipinski definition) is 2. The Morgan fingerprint density at radius 3 is 2.17 bits per heavy atom. The number of amides is 1. The summed E-state index contributed by atoms with van der Waals surface area (Å²) in [7, 11) is 2.16. The second kappa shape index (κ2) is 14.4. The van der Waals surface area contributed by atoms with E-state index in [4.69, 9.17) is 9.47 Å². The van der Waals surface area contributed by atoms with E-state index in [1.165, 1.54) is 16.3 Å². The highest BCUT2D eigenvalue weighted by Crippen LogP contribution is 2.42. The first-order valence-corrected chi connectivity index (χ1v) is 16.0. The van der Waals surface area contributed by atoms with Crippen LogP contribution in [0.1, 0.15) is 70.5 Å². The number of carbonyl (C=O) groups excluding carboxylic acids is 1. The second-order valence-corrected chi connectivity index (χ2v) is 12.3. The molecule has 5 aromatic rings. The third-order valence-corrected chi connectivity index (χ3v) is 9.25. The molecule has 1 heterocycles. The lowest BCUT2D eigenvalue weighted by Gasteiger charge is -2.43. The summed E-state index contributed by atoms with van der Waals surface area (Å²) in [5.74, 6) is -0.0208. The van der Waals surface area contributed by atoms with Crippen LogP contribution < -0.4 is 5.32 Å². The maximum absolute atomic E-state index is 12.5. The monoisotopic (exact) mass is 614 g/mol. The molecule has 0 aliphatic carbocycles. The van der Waals surface area contributed by atoms with Crippen LogP contribution in [0.25, 0.3) is 10.8 Å². The fourth-order valence-corrected chi connectivity index (χ4v) is 6.16. The highest BCUT2D eigenvalue weighted by molar-refractivity contribution is 5.94. The third kappa shape index (κ3) is 7.22. The third-order valence-electron chi connectivity index (χ3n) is 9.25. The van der Waals surface area contributed by atoms with Crippen LogP contribution in [0.2, 0.25) is 0 Å². The van der Waals surface area contributed by atoms with E-state index in [0.29, 0.717) is 12.1 Å². The average molecular weight is 615 g/mol. The van der Waals surface area contributed by atoms with Gasteiger partial charge in [-0.05, 0) is 65.2 Å². The van der Waals surface area contributed by atoms with Gasteiger partial charge in [-0.1, -0.05) is 110 Å². The zero-order valence-corrected chi connectivity index (χ0v) is 26.7. The Balaban J connectivity index is 1.19. The lowest BCUT2D eigenvalue weighted by Crippen LogP contribution is -2.44. The first-order valence-electron chi connectivity index (χ1n) is 16.0. The average Bonchev–Trinajstić information content (AvgIpc) is 3.11. The quantitative estimate of drug-likeness (QED) is 0.168. The number of aliphatic hydroxyl groups is 1. The first kappa shape index (κ1) is 31.6. The Labute approximate surface area is 271 Å². The zero-order chi connectivity index (χ0) is 32.0.